The molecule has 0 aliphatic heterocycles. The highest BCUT2D eigenvalue weighted by atomic mass is 35.5. The van der Waals surface area contributed by atoms with Crippen LogP contribution in [0, 0.1) is 0 Å². The van der Waals surface area contributed by atoms with Crippen LogP contribution in [0.2, 0.25) is 0 Å². The van der Waals surface area contributed by atoms with Crippen molar-refractivity contribution in [3.05, 3.63) is 23.9 Å². The lowest BCUT2D eigenvalue weighted by Crippen LogP contribution is -2.30. The molecule has 1 aromatic rings. The zero-order valence-electron chi connectivity index (χ0n) is 10.1. The molecule has 0 amide bonds. The Bertz CT molecular complexity index is 320. The first kappa shape index (κ1) is 13.7. The number of hydrogen-bond acceptors (Lipinski definition) is 3. The second kappa shape index (κ2) is 7.02. The van der Waals surface area contributed by atoms with Crippen molar-refractivity contribution in [2.24, 2.45) is 0 Å². The molecule has 1 aromatic heterocycles. The third-order valence-electron chi connectivity index (χ3n) is 2.75. The summed E-state index contributed by atoms with van der Waals surface area (Å²) in [4.78, 5) is 6.63. The number of nitrogens with zero attached hydrogens (tertiary/aromatic N) is 2. The molecule has 0 saturated heterocycles. The topological polar surface area (TPSA) is 16.1 Å². The molecule has 0 N–H and O–H groups in total. The number of hydrogen-bond donors (Lipinski definition) is 0. The van der Waals surface area contributed by atoms with E-state index < -0.39 is 0 Å². The SMILES string of the molecule is CSCCC(C)N(C)c1ncccc1CCl. The van der Waals surface area contributed by atoms with Crippen LogP contribution < -0.4 is 4.90 Å². The van der Waals surface area contributed by atoms with Crippen LogP contribution in [-0.4, -0.2) is 30.1 Å². The van der Waals surface area contributed by atoms with E-state index in [1.54, 1.807) is 0 Å². The molecule has 0 bridgehead atoms. The second-order valence-corrected chi connectivity index (χ2v) is 5.11. The standard InChI is InChI=1S/C12H19ClN2S/c1-10(6-8-16-3)15(2)12-11(9-13)5-4-7-14-12/h4-5,7,10H,6,8-9H2,1-3H3. The fourth-order valence-corrected chi connectivity index (χ4v) is 2.33. The lowest BCUT2D eigenvalue weighted by atomic mass is 10.2. The number of alkyl halides is 1. The minimum atomic E-state index is 0.490. The van der Waals surface area contributed by atoms with Crippen LogP contribution in [0.5, 0.6) is 0 Å². The Labute approximate surface area is 107 Å². The van der Waals surface area contributed by atoms with Gasteiger partial charge in [0.05, 0.1) is 5.88 Å². The normalized spacial score (nSPS) is 12.5. The lowest BCUT2D eigenvalue weighted by Gasteiger charge is -2.27. The predicted molar refractivity (Wildman–Crippen MR) is 74.7 cm³/mol. The Kier molecular flexibility index (Phi) is 5.99. The van der Waals surface area contributed by atoms with Gasteiger partial charge in [-0.3, -0.25) is 0 Å². The molecule has 0 aliphatic rings. The van der Waals surface area contributed by atoms with Crippen LogP contribution in [0.3, 0.4) is 0 Å². The van der Waals surface area contributed by atoms with Gasteiger partial charge in [-0.25, -0.2) is 4.98 Å². The Morgan fingerprint density at radius 1 is 1.56 bits per heavy atom. The average Bonchev–Trinajstić information content (AvgIpc) is 2.34. The highest BCUT2D eigenvalue weighted by Gasteiger charge is 2.13. The van der Waals surface area contributed by atoms with Crippen molar-refractivity contribution in [2.45, 2.75) is 25.3 Å². The summed E-state index contributed by atoms with van der Waals surface area (Å²) in [5.41, 5.74) is 1.10. The molecule has 4 heteroatoms. The van der Waals surface area contributed by atoms with Crippen molar-refractivity contribution in [1.82, 2.24) is 4.98 Å². The van der Waals surface area contributed by atoms with Crippen molar-refractivity contribution in [3.63, 3.8) is 0 Å². The summed E-state index contributed by atoms with van der Waals surface area (Å²) in [5, 5.41) is 0. The molecule has 0 aromatic carbocycles. The molecule has 90 valence electrons. The van der Waals surface area contributed by atoms with Crippen LogP contribution in [0.4, 0.5) is 5.82 Å². The highest BCUT2D eigenvalue weighted by molar-refractivity contribution is 7.98. The summed E-state index contributed by atoms with van der Waals surface area (Å²) in [6.07, 6.45) is 5.12. The van der Waals surface area contributed by atoms with Crippen LogP contribution >= 0.6 is 23.4 Å². The van der Waals surface area contributed by atoms with E-state index in [2.05, 4.69) is 30.1 Å². The number of aromatic nitrogens is 1. The minimum Gasteiger partial charge on any atom is -0.357 e. The number of anilines is 1. The van der Waals surface area contributed by atoms with Gasteiger partial charge in [0.15, 0.2) is 0 Å². The molecule has 0 spiro atoms. The molecule has 0 radical (unpaired) electrons. The van der Waals surface area contributed by atoms with E-state index in [9.17, 15) is 0 Å². The smallest absolute Gasteiger partial charge is 0.132 e. The predicted octanol–water partition coefficient (Wildman–Crippen LogP) is 3.40. The number of rotatable bonds is 6. The van der Waals surface area contributed by atoms with Crippen molar-refractivity contribution in [1.29, 1.82) is 0 Å². The molecule has 2 nitrogen and oxygen atoms in total. The van der Waals surface area contributed by atoms with Gasteiger partial charge in [0.1, 0.15) is 5.82 Å². The fraction of sp³-hybridized carbons (Fsp3) is 0.583. The van der Waals surface area contributed by atoms with E-state index in [4.69, 9.17) is 11.6 Å². The largest absolute Gasteiger partial charge is 0.357 e. The summed E-state index contributed by atoms with van der Waals surface area (Å²) in [6, 6.07) is 4.46. The van der Waals surface area contributed by atoms with E-state index >= 15 is 0 Å². The van der Waals surface area contributed by atoms with E-state index in [0.717, 1.165) is 17.8 Å². The number of halogens is 1. The Morgan fingerprint density at radius 2 is 2.31 bits per heavy atom. The third-order valence-corrected chi connectivity index (χ3v) is 3.68. The van der Waals surface area contributed by atoms with Crippen LogP contribution in [0.25, 0.3) is 0 Å². The molecule has 1 heterocycles. The van der Waals surface area contributed by atoms with Crippen molar-refractivity contribution < 1.29 is 0 Å². The maximum Gasteiger partial charge on any atom is 0.132 e. The number of thioether (sulfide) groups is 1. The molecular weight excluding hydrogens is 240 g/mol. The van der Waals surface area contributed by atoms with Crippen LogP contribution in [0.1, 0.15) is 18.9 Å². The average molecular weight is 259 g/mol. The Hall–Kier alpha value is -0.410. The summed E-state index contributed by atoms with van der Waals surface area (Å²) in [7, 11) is 2.09. The van der Waals surface area contributed by atoms with Crippen LogP contribution in [-0.2, 0) is 5.88 Å². The van der Waals surface area contributed by atoms with Gasteiger partial charge in [-0.2, -0.15) is 11.8 Å². The summed E-state index contributed by atoms with van der Waals surface area (Å²) < 4.78 is 0. The second-order valence-electron chi connectivity index (χ2n) is 3.86. The van der Waals surface area contributed by atoms with Gasteiger partial charge < -0.3 is 4.90 Å². The van der Waals surface area contributed by atoms with Crippen molar-refractivity contribution >= 4 is 29.2 Å². The molecule has 0 saturated carbocycles. The molecular formula is C12H19ClN2S. The van der Waals surface area contributed by atoms with E-state index in [0.29, 0.717) is 11.9 Å². The van der Waals surface area contributed by atoms with Gasteiger partial charge in [-0.05, 0) is 31.4 Å². The van der Waals surface area contributed by atoms with Gasteiger partial charge in [0.25, 0.3) is 0 Å². The zero-order valence-corrected chi connectivity index (χ0v) is 11.7. The van der Waals surface area contributed by atoms with E-state index in [1.165, 1.54) is 5.75 Å². The fourth-order valence-electron chi connectivity index (χ4n) is 1.54. The summed E-state index contributed by atoms with van der Waals surface area (Å²) in [5.74, 6) is 2.70. The molecule has 16 heavy (non-hydrogen) atoms. The molecule has 0 aliphatic carbocycles. The lowest BCUT2D eigenvalue weighted by molar-refractivity contribution is 0.660. The van der Waals surface area contributed by atoms with Gasteiger partial charge in [0, 0.05) is 24.8 Å². The Balaban J connectivity index is 2.74. The monoisotopic (exact) mass is 258 g/mol. The number of pyridine rings is 1. The minimum absolute atomic E-state index is 0.490. The Morgan fingerprint density at radius 3 is 2.94 bits per heavy atom. The molecule has 0 fully saturated rings. The van der Waals surface area contributed by atoms with Gasteiger partial charge in [-0.1, -0.05) is 6.07 Å². The maximum atomic E-state index is 5.91. The van der Waals surface area contributed by atoms with Gasteiger partial charge >= 0.3 is 0 Å². The molecule has 1 atom stereocenters. The quantitative estimate of drug-likeness (QED) is 0.728. The first-order valence-electron chi connectivity index (χ1n) is 5.42. The first-order valence-corrected chi connectivity index (χ1v) is 7.35. The van der Waals surface area contributed by atoms with Gasteiger partial charge in [0.2, 0.25) is 0 Å². The van der Waals surface area contributed by atoms with Gasteiger partial charge in [-0.15, -0.1) is 11.6 Å². The highest BCUT2D eigenvalue weighted by Crippen LogP contribution is 2.21. The van der Waals surface area contributed by atoms with Crippen molar-refractivity contribution in [2.75, 3.05) is 24.0 Å². The third kappa shape index (κ3) is 3.56. The molecule has 1 rings (SSSR count). The first-order chi connectivity index (χ1) is 7.70. The zero-order chi connectivity index (χ0) is 12.0. The van der Waals surface area contributed by atoms with E-state index in [1.807, 2.05) is 30.1 Å². The maximum absolute atomic E-state index is 5.91. The van der Waals surface area contributed by atoms with E-state index in [-0.39, 0.29) is 0 Å². The molecule has 1 unspecified atom stereocenters. The van der Waals surface area contributed by atoms with Crippen LogP contribution in [0.15, 0.2) is 18.3 Å². The summed E-state index contributed by atoms with van der Waals surface area (Å²) >= 11 is 7.79. The summed E-state index contributed by atoms with van der Waals surface area (Å²) in [6.45, 7) is 2.23. The van der Waals surface area contributed by atoms with Crippen molar-refractivity contribution in [3.8, 4) is 0 Å².